The number of nitrogens with one attached hydrogen (secondary N) is 1. The molecule has 0 unspecified atom stereocenters. The van der Waals surface area contributed by atoms with Crippen molar-refractivity contribution in [1.82, 2.24) is 5.32 Å². The second-order valence-corrected chi connectivity index (χ2v) is 9.04. The van der Waals surface area contributed by atoms with Gasteiger partial charge in [0.1, 0.15) is 18.1 Å². The summed E-state index contributed by atoms with van der Waals surface area (Å²) in [5, 5.41) is 2.74. The van der Waals surface area contributed by atoms with Crippen LogP contribution in [0.15, 0.2) is 74.4 Å². The molecule has 0 saturated carbocycles. The Kier molecular flexibility index (Phi) is 6.21. The van der Waals surface area contributed by atoms with Crippen LogP contribution in [0, 0.1) is 0 Å². The van der Waals surface area contributed by atoms with Gasteiger partial charge in [-0.05, 0) is 48.0 Å². The first kappa shape index (κ1) is 20.2. The van der Waals surface area contributed by atoms with Gasteiger partial charge in [-0.3, -0.25) is 4.79 Å². The van der Waals surface area contributed by atoms with Crippen LogP contribution in [0.5, 0.6) is 5.75 Å². The fraction of sp³-hybridized carbons (Fsp3) is 0.150. The maximum absolute atomic E-state index is 12.2. The second kappa shape index (κ2) is 8.62. The molecule has 0 atom stereocenters. The molecule has 1 N–H and O–H groups in total. The number of hydrogen-bond donors (Lipinski definition) is 1. The molecular weight excluding hydrogens is 446 g/mol. The van der Waals surface area contributed by atoms with Gasteiger partial charge in [-0.15, -0.1) is 0 Å². The van der Waals surface area contributed by atoms with Gasteiger partial charge in [0.15, 0.2) is 15.6 Å². The summed E-state index contributed by atoms with van der Waals surface area (Å²) in [4.78, 5) is 12.5. The van der Waals surface area contributed by atoms with Gasteiger partial charge < -0.3 is 14.5 Å². The molecule has 6 nitrogen and oxygen atoms in total. The van der Waals surface area contributed by atoms with Crippen LogP contribution in [0.25, 0.3) is 0 Å². The zero-order chi connectivity index (χ0) is 20.1. The number of ether oxygens (including phenoxy) is 1. The normalized spacial score (nSPS) is 11.2. The summed E-state index contributed by atoms with van der Waals surface area (Å²) in [7, 11) is -3.24. The summed E-state index contributed by atoms with van der Waals surface area (Å²) >= 11 is 3.38. The van der Waals surface area contributed by atoms with E-state index in [-0.39, 0.29) is 29.7 Å². The van der Waals surface area contributed by atoms with Crippen molar-refractivity contribution in [2.75, 3.05) is 6.26 Å². The van der Waals surface area contributed by atoms with Crippen LogP contribution in [-0.2, 0) is 23.0 Å². The Morgan fingerprint density at radius 3 is 2.54 bits per heavy atom. The maximum atomic E-state index is 12.2. The fourth-order valence-corrected chi connectivity index (χ4v) is 3.42. The Balaban J connectivity index is 1.54. The number of hydrogen-bond acceptors (Lipinski definition) is 5. The van der Waals surface area contributed by atoms with E-state index >= 15 is 0 Å². The molecule has 0 saturated heterocycles. The Morgan fingerprint density at radius 1 is 1.11 bits per heavy atom. The summed E-state index contributed by atoms with van der Waals surface area (Å²) in [6.45, 7) is 0.462. The first-order valence-corrected chi connectivity index (χ1v) is 11.0. The van der Waals surface area contributed by atoms with Gasteiger partial charge in [0, 0.05) is 17.3 Å². The third-order valence-electron chi connectivity index (χ3n) is 3.87. The number of amides is 1. The van der Waals surface area contributed by atoms with E-state index in [1.165, 1.54) is 12.1 Å². The smallest absolute Gasteiger partial charge is 0.287 e. The molecule has 8 heteroatoms. The largest absolute Gasteiger partial charge is 0.486 e. The zero-order valence-electron chi connectivity index (χ0n) is 15.0. The first-order chi connectivity index (χ1) is 13.3. The van der Waals surface area contributed by atoms with Gasteiger partial charge in [0.05, 0.1) is 4.90 Å². The molecule has 1 amide bonds. The molecule has 0 fully saturated rings. The average molecular weight is 464 g/mol. The molecule has 1 aromatic heterocycles. The van der Waals surface area contributed by atoms with Gasteiger partial charge in [-0.25, -0.2) is 8.42 Å². The number of halogens is 1. The second-order valence-electron chi connectivity index (χ2n) is 6.11. The molecule has 3 rings (SSSR count). The van der Waals surface area contributed by atoms with E-state index in [1.807, 2.05) is 24.3 Å². The van der Waals surface area contributed by atoms with Crippen LogP contribution >= 0.6 is 15.9 Å². The summed E-state index contributed by atoms with van der Waals surface area (Å²) in [6.07, 6.45) is 1.15. The lowest BCUT2D eigenvalue weighted by Gasteiger charge is -2.05. The van der Waals surface area contributed by atoms with Crippen LogP contribution in [0.1, 0.15) is 21.9 Å². The van der Waals surface area contributed by atoms with E-state index in [4.69, 9.17) is 9.15 Å². The topological polar surface area (TPSA) is 85.6 Å². The predicted molar refractivity (Wildman–Crippen MR) is 108 cm³/mol. The molecule has 0 spiro atoms. The minimum atomic E-state index is -3.24. The lowest BCUT2D eigenvalue weighted by Crippen LogP contribution is -2.22. The monoisotopic (exact) mass is 463 g/mol. The Hall–Kier alpha value is -2.58. The Labute approximate surface area is 171 Å². The fourth-order valence-electron chi connectivity index (χ4n) is 2.41. The average Bonchev–Trinajstić information content (AvgIpc) is 3.13. The van der Waals surface area contributed by atoms with Crippen LogP contribution in [-0.4, -0.2) is 20.6 Å². The molecular formula is C20H18BrNO5S. The van der Waals surface area contributed by atoms with Crippen molar-refractivity contribution in [2.24, 2.45) is 0 Å². The predicted octanol–water partition coefficient (Wildman–Crippen LogP) is 3.95. The molecule has 1 heterocycles. The summed E-state index contributed by atoms with van der Waals surface area (Å²) in [5.74, 6) is 1.04. The van der Waals surface area contributed by atoms with E-state index in [9.17, 15) is 13.2 Å². The van der Waals surface area contributed by atoms with Crippen molar-refractivity contribution in [2.45, 2.75) is 18.0 Å². The highest BCUT2D eigenvalue weighted by Crippen LogP contribution is 2.19. The van der Waals surface area contributed by atoms with Crippen molar-refractivity contribution >= 4 is 31.7 Å². The molecule has 146 valence electrons. The Bertz CT molecular complexity index is 1070. The van der Waals surface area contributed by atoms with E-state index < -0.39 is 9.84 Å². The molecule has 2 aromatic carbocycles. The zero-order valence-corrected chi connectivity index (χ0v) is 17.4. The van der Waals surface area contributed by atoms with Gasteiger partial charge >= 0.3 is 0 Å². The first-order valence-electron chi connectivity index (χ1n) is 8.35. The minimum Gasteiger partial charge on any atom is -0.486 e. The molecule has 0 aliphatic rings. The standard InChI is InChI=1S/C20H18BrNO5S/c1-28(24,25)18-8-5-14(6-9-18)12-22-20(23)19-10-7-17(27-19)13-26-16-4-2-3-15(21)11-16/h2-11H,12-13H2,1H3,(H,22,23). The summed E-state index contributed by atoms with van der Waals surface area (Å²) in [5.41, 5.74) is 0.783. The molecule has 0 aliphatic carbocycles. The number of furan rings is 1. The lowest BCUT2D eigenvalue weighted by molar-refractivity contribution is 0.0919. The summed E-state index contributed by atoms with van der Waals surface area (Å²) < 4.78 is 35.0. The quantitative estimate of drug-likeness (QED) is 0.572. The third-order valence-corrected chi connectivity index (χ3v) is 5.49. The molecule has 3 aromatic rings. The highest BCUT2D eigenvalue weighted by Gasteiger charge is 2.12. The van der Waals surface area contributed by atoms with Crippen LogP contribution in [0.2, 0.25) is 0 Å². The Morgan fingerprint density at radius 2 is 1.86 bits per heavy atom. The molecule has 0 aliphatic heterocycles. The number of carbonyl (C=O) groups excluding carboxylic acids is 1. The van der Waals surface area contributed by atoms with Crippen molar-refractivity contribution < 1.29 is 22.4 Å². The number of rotatable bonds is 7. The molecule has 28 heavy (non-hydrogen) atoms. The van der Waals surface area contributed by atoms with Crippen molar-refractivity contribution in [1.29, 1.82) is 0 Å². The molecule has 0 bridgehead atoms. The minimum absolute atomic E-state index is 0.181. The lowest BCUT2D eigenvalue weighted by atomic mass is 10.2. The van der Waals surface area contributed by atoms with Crippen LogP contribution in [0.4, 0.5) is 0 Å². The number of carbonyl (C=O) groups is 1. The van der Waals surface area contributed by atoms with Crippen LogP contribution < -0.4 is 10.1 Å². The van der Waals surface area contributed by atoms with Crippen molar-refractivity contribution in [3.8, 4) is 5.75 Å². The van der Waals surface area contributed by atoms with E-state index in [0.29, 0.717) is 11.5 Å². The third kappa shape index (κ3) is 5.46. The van der Waals surface area contributed by atoms with Crippen molar-refractivity contribution in [3.05, 3.63) is 82.2 Å². The van der Waals surface area contributed by atoms with Crippen LogP contribution in [0.3, 0.4) is 0 Å². The maximum Gasteiger partial charge on any atom is 0.287 e. The SMILES string of the molecule is CS(=O)(=O)c1ccc(CNC(=O)c2ccc(COc3cccc(Br)c3)o2)cc1. The number of benzene rings is 2. The van der Waals surface area contributed by atoms with Crippen molar-refractivity contribution in [3.63, 3.8) is 0 Å². The summed E-state index contributed by atoms with van der Waals surface area (Å²) in [6, 6.07) is 17.1. The number of sulfone groups is 1. The highest BCUT2D eigenvalue weighted by atomic mass is 79.9. The van der Waals surface area contributed by atoms with Gasteiger partial charge in [-0.1, -0.05) is 34.1 Å². The van der Waals surface area contributed by atoms with Gasteiger partial charge in [0.2, 0.25) is 0 Å². The molecule has 0 radical (unpaired) electrons. The van der Waals surface area contributed by atoms with E-state index in [1.54, 1.807) is 24.3 Å². The van der Waals surface area contributed by atoms with Gasteiger partial charge in [0.25, 0.3) is 5.91 Å². The van der Waals surface area contributed by atoms with Gasteiger partial charge in [-0.2, -0.15) is 0 Å². The highest BCUT2D eigenvalue weighted by molar-refractivity contribution is 9.10. The van der Waals surface area contributed by atoms with E-state index in [2.05, 4.69) is 21.2 Å². The van der Waals surface area contributed by atoms with E-state index in [0.717, 1.165) is 16.3 Å².